The largest absolute Gasteiger partial charge is 0.494 e. The van der Waals surface area contributed by atoms with E-state index in [-0.39, 0.29) is 10.7 Å². The highest BCUT2D eigenvalue weighted by molar-refractivity contribution is 7.90. The highest BCUT2D eigenvalue weighted by atomic mass is 32.2. The van der Waals surface area contributed by atoms with E-state index in [1.807, 2.05) is 6.92 Å². The Morgan fingerprint density at radius 2 is 1.72 bits per heavy atom. The van der Waals surface area contributed by atoms with Crippen LogP contribution in [0.25, 0.3) is 0 Å². The van der Waals surface area contributed by atoms with Crippen LogP contribution in [0, 0.1) is 30.9 Å². The third-order valence-corrected chi connectivity index (χ3v) is 5.46. The number of rotatable bonds is 5. The Kier molecular flexibility index (Phi) is 7.43. The van der Waals surface area contributed by atoms with Crippen molar-refractivity contribution in [3.63, 3.8) is 0 Å². The fourth-order valence-corrected chi connectivity index (χ4v) is 4.03. The number of aromatic nitrogens is 2. The number of hydrogen-bond acceptors (Lipinski definition) is 8. The van der Waals surface area contributed by atoms with E-state index in [1.54, 1.807) is 19.9 Å². The number of nitro groups is 1. The lowest BCUT2D eigenvalue weighted by atomic mass is 10.1. The maximum absolute atomic E-state index is 12.9. The van der Waals surface area contributed by atoms with Gasteiger partial charge in [0.25, 0.3) is 0 Å². The van der Waals surface area contributed by atoms with Gasteiger partial charge in [-0.2, -0.15) is 8.42 Å². The fraction of sp³-hybridized carbons (Fsp3) is 0.312. The third-order valence-electron chi connectivity index (χ3n) is 3.53. The first kappa shape index (κ1) is 23.6. The number of carboxylic acids is 2. The molecule has 0 amide bonds. The van der Waals surface area contributed by atoms with E-state index in [9.17, 15) is 18.5 Å². The van der Waals surface area contributed by atoms with Gasteiger partial charge >= 0.3 is 27.8 Å². The summed E-state index contributed by atoms with van der Waals surface area (Å²) in [4.78, 5) is 32.2. The molecule has 0 spiro atoms. The molecule has 0 saturated carbocycles. The average molecular weight is 429 g/mol. The molecule has 1 aromatic heterocycles. The van der Waals surface area contributed by atoms with E-state index in [0.717, 1.165) is 6.20 Å². The van der Waals surface area contributed by atoms with Crippen LogP contribution in [0.2, 0.25) is 0 Å². The Balaban J connectivity index is 0.000000612. The molecule has 13 heteroatoms. The van der Waals surface area contributed by atoms with Gasteiger partial charge in [0.1, 0.15) is 16.8 Å². The predicted molar refractivity (Wildman–Crippen MR) is 98.6 cm³/mol. The molecule has 0 saturated heterocycles. The molecule has 0 aliphatic heterocycles. The molecular formula is C16H19N3O9S. The summed E-state index contributed by atoms with van der Waals surface area (Å²) >= 11 is 0. The van der Waals surface area contributed by atoms with Gasteiger partial charge in [0, 0.05) is 6.92 Å². The van der Waals surface area contributed by atoms with Crippen LogP contribution in [0.5, 0.6) is 5.75 Å². The second kappa shape index (κ2) is 9.14. The minimum Gasteiger partial charge on any atom is -0.494 e. The first-order chi connectivity index (χ1) is 13.3. The number of hydrogen-bond donors (Lipinski definition) is 2. The van der Waals surface area contributed by atoms with Gasteiger partial charge in [0.15, 0.2) is 0 Å². The van der Waals surface area contributed by atoms with E-state index < -0.39 is 32.7 Å². The Hall–Kier alpha value is -3.48. The Bertz CT molecular complexity index is 1050. The summed E-state index contributed by atoms with van der Waals surface area (Å²) in [5, 5.41) is 25.8. The Morgan fingerprint density at radius 1 is 1.17 bits per heavy atom. The molecular weight excluding hydrogens is 410 g/mol. The molecule has 0 fully saturated rings. The van der Waals surface area contributed by atoms with E-state index in [0.29, 0.717) is 27.5 Å². The van der Waals surface area contributed by atoms with Crippen molar-refractivity contribution >= 4 is 27.8 Å². The van der Waals surface area contributed by atoms with Crippen LogP contribution in [0.4, 0.5) is 5.82 Å². The van der Waals surface area contributed by atoms with Crippen molar-refractivity contribution in [2.75, 3.05) is 6.61 Å². The molecule has 2 aromatic rings. The van der Waals surface area contributed by atoms with Crippen molar-refractivity contribution < 1.29 is 37.9 Å². The number of carbonyl (C=O) groups is 2. The Morgan fingerprint density at radius 3 is 2.17 bits per heavy atom. The summed E-state index contributed by atoms with van der Waals surface area (Å²) < 4.78 is 31.8. The number of ether oxygens (including phenoxy) is 1. The van der Waals surface area contributed by atoms with Gasteiger partial charge in [-0.3, -0.25) is 0 Å². The summed E-state index contributed by atoms with van der Waals surface area (Å²) in [6.45, 7) is 7.03. The van der Waals surface area contributed by atoms with Gasteiger partial charge < -0.3 is 25.1 Å². The van der Waals surface area contributed by atoms with Crippen molar-refractivity contribution in [2.45, 2.75) is 32.6 Å². The summed E-state index contributed by atoms with van der Waals surface area (Å²) in [5.74, 6) is -3.62. The lowest BCUT2D eigenvalue weighted by Crippen LogP contribution is -2.18. The average Bonchev–Trinajstić information content (AvgIpc) is 3.01. The van der Waals surface area contributed by atoms with Gasteiger partial charge in [0.05, 0.1) is 6.61 Å². The molecule has 0 aliphatic carbocycles. The van der Waals surface area contributed by atoms with Gasteiger partial charge in [-0.1, -0.05) is 3.97 Å². The van der Waals surface area contributed by atoms with Crippen LogP contribution in [0.15, 0.2) is 23.2 Å². The van der Waals surface area contributed by atoms with Crippen molar-refractivity contribution in [1.29, 1.82) is 0 Å². The van der Waals surface area contributed by atoms with Crippen LogP contribution in [-0.2, 0) is 19.6 Å². The number of aliphatic carboxylic acids is 2. The predicted octanol–water partition coefficient (Wildman–Crippen LogP) is 1.51. The molecule has 0 radical (unpaired) electrons. The monoisotopic (exact) mass is 429 g/mol. The van der Waals surface area contributed by atoms with E-state index >= 15 is 0 Å². The summed E-state index contributed by atoms with van der Waals surface area (Å²) in [7, 11) is -4.13. The van der Waals surface area contributed by atoms with Crippen LogP contribution in [0.1, 0.15) is 23.9 Å². The van der Waals surface area contributed by atoms with Crippen LogP contribution in [0.3, 0.4) is 0 Å². The van der Waals surface area contributed by atoms with Crippen LogP contribution < -0.4 is 4.74 Å². The number of carboxylic acid groups (broad SMARTS) is 2. The molecule has 0 atom stereocenters. The SMILES string of the molecule is CCOc1cc(C)c(S(=O)(=O)n2c([N+](=O)[O-])cnc2C)cc1C.O=C(O)C(=O)O. The Labute approximate surface area is 165 Å². The zero-order valence-corrected chi connectivity index (χ0v) is 16.8. The fourth-order valence-electron chi connectivity index (χ4n) is 2.29. The second-order valence-electron chi connectivity index (χ2n) is 5.62. The third kappa shape index (κ3) is 5.28. The molecule has 0 aliphatic rings. The van der Waals surface area contributed by atoms with Crippen molar-refractivity contribution in [1.82, 2.24) is 8.96 Å². The maximum Gasteiger partial charge on any atom is 0.414 e. The van der Waals surface area contributed by atoms with Crippen LogP contribution in [-0.4, -0.2) is 51.1 Å². The maximum atomic E-state index is 12.9. The van der Waals surface area contributed by atoms with Gasteiger partial charge in [-0.25, -0.2) is 14.6 Å². The van der Waals surface area contributed by atoms with Gasteiger partial charge in [-0.15, -0.1) is 0 Å². The summed E-state index contributed by atoms with van der Waals surface area (Å²) in [6, 6.07) is 3.07. The quantitative estimate of drug-likeness (QED) is 0.402. The van der Waals surface area contributed by atoms with Crippen LogP contribution >= 0.6 is 0 Å². The minimum absolute atomic E-state index is 0.0114. The molecule has 0 unspecified atom stereocenters. The zero-order valence-electron chi connectivity index (χ0n) is 15.9. The molecule has 2 N–H and O–H groups in total. The standard InChI is InChI=1S/C14H17N3O5S.C2H2O4/c1-5-22-12-6-10(3)13(7-9(12)2)23(20,21)16-11(4)15-8-14(16)17(18)19;3-1(4)2(5)6/h6-8H,5H2,1-4H3;(H,3,4)(H,5,6). The molecule has 0 bridgehead atoms. The number of benzene rings is 1. The highest BCUT2D eigenvalue weighted by Crippen LogP contribution is 2.29. The number of imidazole rings is 1. The summed E-state index contributed by atoms with van der Waals surface area (Å²) in [6.07, 6.45) is 0.934. The molecule has 2 rings (SSSR count). The van der Waals surface area contributed by atoms with Crippen molar-refractivity contribution in [3.8, 4) is 5.75 Å². The van der Waals surface area contributed by atoms with E-state index in [2.05, 4.69) is 4.98 Å². The normalized spacial score (nSPS) is 10.6. The highest BCUT2D eigenvalue weighted by Gasteiger charge is 2.33. The number of nitrogens with zero attached hydrogens (tertiary/aromatic N) is 3. The lowest BCUT2D eigenvalue weighted by molar-refractivity contribution is -0.390. The molecule has 158 valence electrons. The first-order valence-corrected chi connectivity index (χ1v) is 9.43. The summed E-state index contributed by atoms with van der Waals surface area (Å²) in [5.41, 5.74) is 1.08. The number of aryl methyl sites for hydroxylation is 3. The lowest BCUT2D eigenvalue weighted by Gasteiger charge is -2.12. The molecule has 1 aromatic carbocycles. The molecule has 1 heterocycles. The topological polar surface area (TPSA) is 179 Å². The van der Waals surface area contributed by atoms with E-state index in [1.165, 1.54) is 13.0 Å². The van der Waals surface area contributed by atoms with Gasteiger partial charge in [-0.05, 0) is 49.0 Å². The first-order valence-electron chi connectivity index (χ1n) is 7.99. The smallest absolute Gasteiger partial charge is 0.414 e. The minimum atomic E-state index is -4.13. The molecule has 12 nitrogen and oxygen atoms in total. The van der Waals surface area contributed by atoms with E-state index in [4.69, 9.17) is 24.5 Å². The van der Waals surface area contributed by atoms with Crippen molar-refractivity contribution in [3.05, 3.63) is 45.4 Å². The molecule has 29 heavy (non-hydrogen) atoms. The zero-order chi connectivity index (χ0) is 22.5. The van der Waals surface area contributed by atoms with Crippen molar-refractivity contribution in [2.24, 2.45) is 0 Å². The second-order valence-corrected chi connectivity index (χ2v) is 7.37. The van der Waals surface area contributed by atoms with Gasteiger partial charge in [0.2, 0.25) is 5.82 Å².